The van der Waals surface area contributed by atoms with E-state index in [2.05, 4.69) is 4.74 Å². The van der Waals surface area contributed by atoms with E-state index in [9.17, 15) is 19.5 Å². The Morgan fingerprint density at radius 1 is 1.38 bits per heavy atom. The van der Waals surface area contributed by atoms with Crippen molar-refractivity contribution < 1.29 is 24.2 Å². The lowest BCUT2D eigenvalue weighted by atomic mass is 9.96. The molecule has 1 aromatic carbocycles. The number of rotatable bonds is 2. The number of Topliss-reactive ketones (excluding diaryl/α,β-unsaturated/α-hetero) is 2. The molecule has 1 fully saturated rings. The zero-order chi connectivity index (χ0) is 11.7. The Labute approximate surface area is 90.6 Å². The Morgan fingerprint density at radius 3 is 2.69 bits per heavy atom. The van der Waals surface area contributed by atoms with Gasteiger partial charge < -0.3 is 9.84 Å². The van der Waals surface area contributed by atoms with Gasteiger partial charge in [0.05, 0.1) is 0 Å². The van der Waals surface area contributed by atoms with Crippen LogP contribution in [-0.4, -0.2) is 29.2 Å². The van der Waals surface area contributed by atoms with Crippen molar-refractivity contribution in [2.24, 2.45) is 5.92 Å². The van der Waals surface area contributed by atoms with Gasteiger partial charge in [0.25, 0.3) is 5.78 Å². The van der Waals surface area contributed by atoms with Crippen LogP contribution >= 0.6 is 0 Å². The van der Waals surface area contributed by atoms with Crippen LogP contribution in [-0.2, 0) is 14.3 Å². The number of benzene rings is 1. The summed E-state index contributed by atoms with van der Waals surface area (Å²) in [5, 5.41) is 9.19. The first-order chi connectivity index (χ1) is 7.59. The van der Waals surface area contributed by atoms with Crippen molar-refractivity contribution >= 4 is 17.5 Å². The van der Waals surface area contributed by atoms with Crippen LogP contribution in [0.4, 0.5) is 0 Å². The van der Waals surface area contributed by atoms with Crippen LogP contribution < -0.4 is 0 Å². The molecule has 0 aromatic heterocycles. The van der Waals surface area contributed by atoms with Crippen LogP contribution in [0.3, 0.4) is 0 Å². The molecule has 1 aromatic rings. The fourth-order valence-corrected chi connectivity index (χ4v) is 1.50. The fourth-order valence-electron chi connectivity index (χ4n) is 1.50. The summed E-state index contributed by atoms with van der Waals surface area (Å²) >= 11 is 0. The molecule has 1 aliphatic rings. The molecule has 0 amide bonds. The van der Waals surface area contributed by atoms with E-state index in [4.69, 9.17) is 0 Å². The number of phenols is 1. The standard InChI is InChI=1S/C11H8O5/c12-7-3-1-2-6(4-7)9(13)8-5-16-11(15)10(8)14/h1-4,8,12H,5H2/t8-/m1/s1. The van der Waals surface area contributed by atoms with E-state index >= 15 is 0 Å². The van der Waals surface area contributed by atoms with Crippen LogP contribution in [0, 0.1) is 5.92 Å². The van der Waals surface area contributed by atoms with E-state index in [0.29, 0.717) is 0 Å². The molecule has 16 heavy (non-hydrogen) atoms. The van der Waals surface area contributed by atoms with Crippen LogP contribution in [0.1, 0.15) is 10.4 Å². The second kappa shape index (κ2) is 3.77. The summed E-state index contributed by atoms with van der Waals surface area (Å²) in [6.45, 7) is -0.216. The van der Waals surface area contributed by atoms with Crippen molar-refractivity contribution in [3.05, 3.63) is 29.8 Å². The number of ether oxygens (including phenoxy) is 1. The third-order valence-corrected chi connectivity index (χ3v) is 2.35. The summed E-state index contributed by atoms with van der Waals surface area (Å²) in [5.74, 6) is -3.45. The molecular formula is C11H8O5. The van der Waals surface area contributed by atoms with Crippen LogP contribution in [0.5, 0.6) is 5.75 Å². The van der Waals surface area contributed by atoms with E-state index in [1.54, 1.807) is 0 Å². The number of cyclic esters (lactones) is 1. The predicted octanol–water partition coefficient (Wildman–Crippen LogP) is 0.317. The molecule has 1 heterocycles. The highest BCUT2D eigenvalue weighted by molar-refractivity contribution is 6.41. The molecule has 5 nitrogen and oxygen atoms in total. The lowest BCUT2D eigenvalue weighted by molar-refractivity contribution is -0.147. The number of aromatic hydroxyl groups is 1. The summed E-state index contributed by atoms with van der Waals surface area (Å²) in [5.41, 5.74) is 0.191. The highest BCUT2D eigenvalue weighted by Gasteiger charge is 2.40. The number of esters is 1. The molecule has 82 valence electrons. The Hall–Kier alpha value is -2.17. The fraction of sp³-hybridized carbons (Fsp3) is 0.182. The van der Waals surface area contributed by atoms with E-state index in [0.717, 1.165) is 0 Å². The second-order valence-electron chi connectivity index (χ2n) is 3.43. The molecule has 0 bridgehead atoms. The van der Waals surface area contributed by atoms with Gasteiger partial charge in [-0.1, -0.05) is 12.1 Å². The zero-order valence-electron chi connectivity index (χ0n) is 8.17. The van der Waals surface area contributed by atoms with Gasteiger partial charge in [0.2, 0.25) is 0 Å². The van der Waals surface area contributed by atoms with Crippen molar-refractivity contribution in [1.29, 1.82) is 0 Å². The Bertz CT molecular complexity index is 477. The maximum Gasteiger partial charge on any atom is 0.375 e. The molecule has 0 radical (unpaired) electrons. The number of hydrogen-bond acceptors (Lipinski definition) is 5. The molecular weight excluding hydrogens is 212 g/mol. The maximum atomic E-state index is 11.8. The number of ketones is 2. The summed E-state index contributed by atoms with van der Waals surface area (Å²) in [6.07, 6.45) is 0. The van der Waals surface area contributed by atoms with Crippen molar-refractivity contribution in [2.45, 2.75) is 0 Å². The molecule has 1 N–H and O–H groups in total. The third kappa shape index (κ3) is 1.67. The van der Waals surface area contributed by atoms with Gasteiger partial charge in [-0.15, -0.1) is 0 Å². The lowest BCUT2D eigenvalue weighted by Crippen LogP contribution is -2.23. The van der Waals surface area contributed by atoms with Crippen LogP contribution in [0.2, 0.25) is 0 Å². The molecule has 0 unspecified atom stereocenters. The largest absolute Gasteiger partial charge is 0.508 e. The number of carbonyl (C=O) groups is 3. The Morgan fingerprint density at radius 2 is 2.12 bits per heavy atom. The van der Waals surface area contributed by atoms with Gasteiger partial charge in [0.1, 0.15) is 18.3 Å². The summed E-state index contributed by atoms with van der Waals surface area (Å²) in [6, 6.07) is 5.62. The number of carbonyl (C=O) groups excluding carboxylic acids is 3. The smallest absolute Gasteiger partial charge is 0.375 e. The average Bonchev–Trinajstić information content (AvgIpc) is 2.59. The van der Waals surface area contributed by atoms with Crippen molar-refractivity contribution in [1.82, 2.24) is 0 Å². The Kier molecular flexibility index (Phi) is 2.44. The van der Waals surface area contributed by atoms with Gasteiger partial charge in [0, 0.05) is 5.56 Å². The van der Waals surface area contributed by atoms with Gasteiger partial charge >= 0.3 is 5.97 Å². The van der Waals surface area contributed by atoms with Crippen molar-refractivity contribution in [2.75, 3.05) is 6.61 Å². The summed E-state index contributed by atoms with van der Waals surface area (Å²) in [4.78, 5) is 33.9. The molecule has 0 spiro atoms. The van der Waals surface area contributed by atoms with Gasteiger partial charge in [-0.25, -0.2) is 4.79 Å². The Balaban J connectivity index is 2.26. The zero-order valence-corrected chi connectivity index (χ0v) is 8.17. The SMILES string of the molecule is O=C1OC[C@H](C(=O)c2cccc(O)c2)C1=O. The van der Waals surface area contributed by atoms with E-state index in [-0.39, 0.29) is 17.9 Å². The van der Waals surface area contributed by atoms with Crippen LogP contribution in [0.15, 0.2) is 24.3 Å². The summed E-state index contributed by atoms with van der Waals surface area (Å²) in [7, 11) is 0. The molecule has 5 heteroatoms. The molecule has 1 atom stereocenters. The number of phenolic OH excluding ortho intramolecular Hbond substituents is 1. The normalized spacial score (nSPS) is 19.6. The van der Waals surface area contributed by atoms with Crippen LogP contribution in [0.25, 0.3) is 0 Å². The molecule has 1 aliphatic heterocycles. The highest BCUT2D eigenvalue weighted by Crippen LogP contribution is 2.19. The molecule has 0 saturated carbocycles. The quantitative estimate of drug-likeness (QED) is 0.336. The van der Waals surface area contributed by atoms with E-state index < -0.39 is 23.5 Å². The monoisotopic (exact) mass is 220 g/mol. The minimum Gasteiger partial charge on any atom is -0.508 e. The number of hydrogen-bond donors (Lipinski definition) is 1. The first-order valence-corrected chi connectivity index (χ1v) is 4.64. The van der Waals surface area contributed by atoms with E-state index in [1.807, 2.05) is 0 Å². The van der Waals surface area contributed by atoms with Gasteiger partial charge in [-0.3, -0.25) is 9.59 Å². The second-order valence-corrected chi connectivity index (χ2v) is 3.43. The maximum absolute atomic E-state index is 11.8. The molecule has 1 saturated heterocycles. The first kappa shape index (κ1) is 10.4. The topological polar surface area (TPSA) is 80.7 Å². The minimum atomic E-state index is -1.07. The van der Waals surface area contributed by atoms with E-state index in [1.165, 1.54) is 24.3 Å². The van der Waals surface area contributed by atoms with Crippen molar-refractivity contribution in [3.8, 4) is 5.75 Å². The highest BCUT2D eigenvalue weighted by atomic mass is 16.5. The molecule has 2 rings (SSSR count). The van der Waals surface area contributed by atoms with Gasteiger partial charge in [0.15, 0.2) is 5.78 Å². The third-order valence-electron chi connectivity index (χ3n) is 2.35. The van der Waals surface area contributed by atoms with Crippen molar-refractivity contribution in [3.63, 3.8) is 0 Å². The lowest BCUT2D eigenvalue weighted by Gasteiger charge is -2.04. The molecule has 0 aliphatic carbocycles. The first-order valence-electron chi connectivity index (χ1n) is 4.64. The predicted molar refractivity (Wildman–Crippen MR) is 51.9 cm³/mol. The van der Waals surface area contributed by atoms with Gasteiger partial charge in [-0.2, -0.15) is 0 Å². The average molecular weight is 220 g/mol. The van der Waals surface area contributed by atoms with Gasteiger partial charge in [-0.05, 0) is 12.1 Å². The summed E-state index contributed by atoms with van der Waals surface area (Å²) < 4.78 is 4.48. The minimum absolute atomic E-state index is 0.0662.